The third-order valence-electron chi connectivity index (χ3n) is 2.72. The van der Waals surface area contributed by atoms with E-state index in [0.29, 0.717) is 10.6 Å². The van der Waals surface area contributed by atoms with Crippen molar-refractivity contribution in [1.29, 1.82) is 0 Å². The number of nitrogens with two attached hydrogens (primary N) is 1. The van der Waals surface area contributed by atoms with Gasteiger partial charge >= 0.3 is 0 Å². The lowest BCUT2D eigenvalue weighted by atomic mass is 10.2. The van der Waals surface area contributed by atoms with Gasteiger partial charge in [-0.15, -0.1) is 11.3 Å². The maximum atomic E-state index is 12.0. The zero-order valence-electron chi connectivity index (χ0n) is 10.6. The molecule has 0 saturated carbocycles. The summed E-state index contributed by atoms with van der Waals surface area (Å²) in [6, 6.07) is 5.30. The first-order valence-corrected chi connectivity index (χ1v) is 6.52. The van der Waals surface area contributed by atoms with Crippen LogP contribution in [0.15, 0.2) is 22.6 Å². The van der Waals surface area contributed by atoms with Gasteiger partial charge in [0.2, 0.25) is 0 Å². The molecule has 0 radical (unpaired) electrons. The molecule has 18 heavy (non-hydrogen) atoms. The number of carbonyl (C=O) groups is 1. The van der Waals surface area contributed by atoms with Gasteiger partial charge in [-0.25, -0.2) is 0 Å². The van der Waals surface area contributed by atoms with Crippen LogP contribution in [0.5, 0.6) is 0 Å². The van der Waals surface area contributed by atoms with Crippen LogP contribution >= 0.6 is 11.3 Å². The molecule has 2 rings (SSSR count). The predicted molar refractivity (Wildman–Crippen MR) is 72.8 cm³/mol. The highest BCUT2D eigenvalue weighted by Gasteiger charge is 2.16. The number of nitrogen functional groups attached to an aromatic ring is 1. The van der Waals surface area contributed by atoms with E-state index in [9.17, 15) is 4.79 Å². The quantitative estimate of drug-likeness (QED) is 0.895. The Kier molecular flexibility index (Phi) is 3.43. The van der Waals surface area contributed by atoms with E-state index in [0.717, 1.165) is 16.4 Å². The SMILES string of the molecule is Cc1ccc(C(C)NC(=O)c2cc(N)c(C)s2)o1. The number of carbonyl (C=O) groups excluding carboxylic acids is 1. The van der Waals surface area contributed by atoms with E-state index < -0.39 is 0 Å². The smallest absolute Gasteiger partial charge is 0.262 e. The van der Waals surface area contributed by atoms with Crippen LogP contribution in [0.4, 0.5) is 5.69 Å². The first-order valence-electron chi connectivity index (χ1n) is 5.70. The van der Waals surface area contributed by atoms with Crippen LogP contribution in [0.25, 0.3) is 0 Å². The van der Waals surface area contributed by atoms with Crippen LogP contribution in [-0.2, 0) is 0 Å². The summed E-state index contributed by atoms with van der Waals surface area (Å²) in [5.74, 6) is 1.46. The van der Waals surface area contributed by atoms with Crippen molar-refractivity contribution in [2.45, 2.75) is 26.8 Å². The Labute approximate surface area is 110 Å². The molecule has 5 heteroatoms. The number of rotatable bonds is 3. The van der Waals surface area contributed by atoms with E-state index in [-0.39, 0.29) is 11.9 Å². The summed E-state index contributed by atoms with van der Waals surface area (Å²) >= 11 is 1.40. The third kappa shape index (κ3) is 2.56. The monoisotopic (exact) mass is 264 g/mol. The summed E-state index contributed by atoms with van der Waals surface area (Å²) in [4.78, 5) is 13.6. The van der Waals surface area contributed by atoms with Gasteiger partial charge in [0.25, 0.3) is 5.91 Å². The van der Waals surface area contributed by atoms with Gasteiger partial charge in [0.1, 0.15) is 11.5 Å². The number of furan rings is 1. The fourth-order valence-corrected chi connectivity index (χ4v) is 2.48. The van der Waals surface area contributed by atoms with Gasteiger partial charge in [-0.3, -0.25) is 4.79 Å². The number of hydrogen-bond donors (Lipinski definition) is 2. The number of nitrogens with one attached hydrogen (secondary N) is 1. The van der Waals surface area contributed by atoms with Crippen molar-refractivity contribution < 1.29 is 9.21 Å². The minimum atomic E-state index is -0.158. The lowest BCUT2D eigenvalue weighted by Crippen LogP contribution is -2.25. The van der Waals surface area contributed by atoms with Gasteiger partial charge in [0.15, 0.2) is 0 Å². The minimum absolute atomic E-state index is 0.124. The summed E-state index contributed by atoms with van der Waals surface area (Å²) in [5.41, 5.74) is 6.39. The average Bonchev–Trinajstić information content (AvgIpc) is 2.86. The van der Waals surface area contributed by atoms with Crippen LogP contribution in [0.2, 0.25) is 0 Å². The summed E-state index contributed by atoms with van der Waals surface area (Å²) in [6.07, 6.45) is 0. The van der Waals surface area contributed by atoms with Crippen LogP contribution in [-0.4, -0.2) is 5.91 Å². The molecule has 1 atom stereocenters. The van der Waals surface area contributed by atoms with E-state index >= 15 is 0 Å². The maximum absolute atomic E-state index is 12.0. The topological polar surface area (TPSA) is 68.3 Å². The standard InChI is InChI=1S/C13H16N2O2S/c1-7-4-5-11(17-7)8(2)15-13(16)12-6-10(14)9(3)18-12/h4-6,8H,14H2,1-3H3,(H,15,16). The zero-order chi connectivity index (χ0) is 13.3. The van der Waals surface area contributed by atoms with E-state index in [2.05, 4.69) is 5.32 Å². The molecule has 0 spiro atoms. The second kappa shape index (κ2) is 4.86. The van der Waals surface area contributed by atoms with E-state index in [1.54, 1.807) is 6.07 Å². The Balaban J connectivity index is 2.07. The molecule has 2 heterocycles. The minimum Gasteiger partial charge on any atom is -0.464 e. The van der Waals surface area contributed by atoms with Gasteiger partial charge in [-0.05, 0) is 39.0 Å². The van der Waals surface area contributed by atoms with Crippen LogP contribution in [0.3, 0.4) is 0 Å². The molecule has 0 aliphatic carbocycles. The van der Waals surface area contributed by atoms with Crippen LogP contribution in [0.1, 0.15) is 39.0 Å². The summed E-state index contributed by atoms with van der Waals surface area (Å²) < 4.78 is 5.47. The molecule has 0 aliphatic heterocycles. The fourth-order valence-electron chi connectivity index (χ4n) is 1.63. The predicted octanol–water partition coefficient (Wildman–Crippen LogP) is 3.03. The van der Waals surface area contributed by atoms with Crippen molar-refractivity contribution in [1.82, 2.24) is 5.32 Å². The maximum Gasteiger partial charge on any atom is 0.262 e. The molecule has 2 aromatic rings. The van der Waals surface area contributed by atoms with Crippen molar-refractivity contribution in [3.05, 3.63) is 39.5 Å². The normalized spacial score (nSPS) is 12.4. The number of aryl methyl sites for hydroxylation is 2. The Hall–Kier alpha value is -1.75. The van der Waals surface area contributed by atoms with Gasteiger partial charge in [-0.1, -0.05) is 0 Å². The first kappa shape index (κ1) is 12.7. The van der Waals surface area contributed by atoms with Crippen LogP contribution in [0, 0.1) is 13.8 Å². The van der Waals surface area contributed by atoms with Gasteiger partial charge < -0.3 is 15.5 Å². The Bertz CT molecular complexity index is 552. The molecule has 0 aromatic carbocycles. The summed E-state index contributed by atoms with van der Waals surface area (Å²) in [5, 5.41) is 2.89. The molecule has 0 bridgehead atoms. The van der Waals surface area contributed by atoms with E-state index in [4.69, 9.17) is 10.2 Å². The first-order chi connectivity index (χ1) is 8.47. The van der Waals surface area contributed by atoms with Gasteiger partial charge in [-0.2, -0.15) is 0 Å². The molecule has 1 amide bonds. The number of hydrogen-bond acceptors (Lipinski definition) is 4. The third-order valence-corrected chi connectivity index (χ3v) is 3.78. The highest BCUT2D eigenvalue weighted by atomic mass is 32.1. The lowest BCUT2D eigenvalue weighted by molar-refractivity contribution is 0.0939. The zero-order valence-corrected chi connectivity index (χ0v) is 11.4. The summed E-state index contributed by atoms with van der Waals surface area (Å²) in [7, 11) is 0. The number of thiophene rings is 1. The fraction of sp³-hybridized carbons (Fsp3) is 0.308. The molecule has 96 valence electrons. The molecular weight excluding hydrogens is 248 g/mol. The molecule has 3 N–H and O–H groups in total. The van der Waals surface area contributed by atoms with Crippen molar-refractivity contribution in [2.24, 2.45) is 0 Å². The molecule has 1 unspecified atom stereocenters. The molecule has 0 saturated heterocycles. The molecular formula is C13H16N2O2S. The van der Waals surface area contributed by atoms with Crippen molar-refractivity contribution in [2.75, 3.05) is 5.73 Å². The number of anilines is 1. The van der Waals surface area contributed by atoms with Crippen molar-refractivity contribution in [3.63, 3.8) is 0 Å². The van der Waals surface area contributed by atoms with Gasteiger partial charge in [0, 0.05) is 10.6 Å². The second-order valence-corrected chi connectivity index (χ2v) is 5.52. The lowest BCUT2D eigenvalue weighted by Gasteiger charge is -2.10. The molecule has 0 fully saturated rings. The highest BCUT2D eigenvalue weighted by molar-refractivity contribution is 7.14. The largest absolute Gasteiger partial charge is 0.464 e. The molecule has 4 nitrogen and oxygen atoms in total. The van der Waals surface area contributed by atoms with Crippen LogP contribution < -0.4 is 11.1 Å². The Morgan fingerprint density at radius 3 is 2.67 bits per heavy atom. The van der Waals surface area contributed by atoms with E-state index in [1.165, 1.54) is 11.3 Å². The second-order valence-electron chi connectivity index (χ2n) is 4.27. The average molecular weight is 264 g/mol. The Morgan fingerprint density at radius 1 is 1.44 bits per heavy atom. The van der Waals surface area contributed by atoms with Crippen molar-refractivity contribution >= 4 is 22.9 Å². The number of amides is 1. The molecule has 0 aliphatic rings. The molecule has 2 aromatic heterocycles. The van der Waals surface area contributed by atoms with Crippen molar-refractivity contribution in [3.8, 4) is 0 Å². The Morgan fingerprint density at radius 2 is 2.17 bits per heavy atom. The highest BCUT2D eigenvalue weighted by Crippen LogP contribution is 2.24. The van der Waals surface area contributed by atoms with E-state index in [1.807, 2.05) is 32.9 Å². The van der Waals surface area contributed by atoms with Gasteiger partial charge in [0.05, 0.1) is 10.9 Å². The summed E-state index contributed by atoms with van der Waals surface area (Å²) in [6.45, 7) is 5.66.